The Balaban J connectivity index is 1.81. The fourth-order valence-corrected chi connectivity index (χ4v) is 5.56. The molecule has 176 valence electrons. The molecule has 33 heavy (non-hydrogen) atoms. The van der Waals surface area contributed by atoms with Gasteiger partial charge in [-0.3, -0.25) is 14.7 Å². The number of ether oxygens (including phenoxy) is 1. The van der Waals surface area contributed by atoms with E-state index in [1.807, 2.05) is 30.9 Å². The van der Waals surface area contributed by atoms with Crippen LogP contribution in [0.2, 0.25) is 5.02 Å². The number of hydrogen-bond acceptors (Lipinski definition) is 6. The molecule has 0 N–H and O–H groups in total. The maximum Gasteiger partial charge on any atom is 0.305 e. The number of aryl methyl sites for hydroxylation is 1. The lowest BCUT2D eigenvalue weighted by atomic mass is 9.95. The SMILES string of the molecule is CCOC(=O)CCCc1c(CN2CCSCC2)nn2c(CC)ccc2c1-c1cncc(Cl)c1. The predicted octanol–water partition coefficient (Wildman–Crippen LogP) is 5.05. The molecule has 0 saturated carbocycles. The highest BCUT2D eigenvalue weighted by molar-refractivity contribution is 7.99. The molecular weight excluding hydrogens is 456 g/mol. The lowest BCUT2D eigenvalue weighted by Crippen LogP contribution is -2.33. The maximum absolute atomic E-state index is 12.0. The lowest BCUT2D eigenvalue weighted by Gasteiger charge is -2.27. The molecule has 0 unspecified atom stereocenters. The summed E-state index contributed by atoms with van der Waals surface area (Å²) in [4.78, 5) is 18.9. The van der Waals surface area contributed by atoms with Crippen LogP contribution in [0, 0.1) is 0 Å². The summed E-state index contributed by atoms with van der Waals surface area (Å²) in [5.41, 5.74) is 6.57. The molecule has 0 radical (unpaired) electrons. The molecule has 8 heteroatoms. The van der Waals surface area contributed by atoms with Crippen molar-refractivity contribution in [3.8, 4) is 11.1 Å². The minimum Gasteiger partial charge on any atom is -0.466 e. The van der Waals surface area contributed by atoms with Crippen LogP contribution in [0.1, 0.15) is 43.6 Å². The van der Waals surface area contributed by atoms with Crippen LogP contribution in [0.15, 0.2) is 30.6 Å². The Bertz CT molecular complexity index is 1110. The number of rotatable bonds is 9. The van der Waals surface area contributed by atoms with Gasteiger partial charge >= 0.3 is 5.97 Å². The predicted molar refractivity (Wildman–Crippen MR) is 135 cm³/mol. The third-order valence-electron chi connectivity index (χ3n) is 6.01. The van der Waals surface area contributed by atoms with Gasteiger partial charge in [0.15, 0.2) is 0 Å². The van der Waals surface area contributed by atoms with Crippen LogP contribution in [-0.4, -0.2) is 56.7 Å². The van der Waals surface area contributed by atoms with Crippen LogP contribution in [0.25, 0.3) is 16.6 Å². The average molecular weight is 487 g/mol. The standard InChI is InChI=1S/C25H31ClN4O2S/c1-3-20-8-9-23-25(18-14-19(26)16-27-15-18)21(6-5-7-24(31)32-4-2)22(28-30(20)23)17-29-10-12-33-13-11-29/h8-9,14-16H,3-7,10-13,17H2,1-2H3. The smallest absolute Gasteiger partial charge is 0.305 e. The molecule has 3 aromatic rings. The summed E-state index contributed by atoms with van der Waals surface area (Å²) in [7, 11) is 0. The van der Waals surface area contributed by atoms with Crippen molar-refractivity contribution in [2.24, 2.45) is 0 Å². The molecule has 1 aliphatic heterocycles. The number of fused-ring (bicyclic) bond motifs is 1. The van der Waals surface area contributed by atoms with Crippen LogP contribution < -0.4 is 0 Å². The highest BCUT2D eigenvalue weighted by Gasteiger charge is 2.22. The molecule has 0 spiro atoms. The Morgan fingerprint density at radius 1 is 1.21 bits per heavy atom. The van der Waals surface area contributed by atoms with Gasteiger partial charge in [0.2, 0.25) is 0 Å². The van der Waals surface area contributed by atoms with E-state index < -0.39 is 0 Å². The lowest BCUT2D eigenvalue weighted by molar-refractivity contribution is -0.143. The summed E-state index contributed by atoms with van der Waals surface area (Å²) in [5, 5.41) is 5.75. The van der Waals surface area contributed by atoms with Gasteiger partial charge in [-0.05, 0) is 49.9 Å². The van der Waals surface area contributed by atoms with Gasteiger partial charge in [0, 0.05) is 66.8 Å². The first-order chi connectivity index (χ1) is 16.1. The number of nitrogens with zero attached hydrogens (tertiary/aromatic N) is 4. The van der Waals surface area contributed by atoms with Crippen molar-refractivity contribution in [2.75, 3.05) is 31.2 Å². The van der Waals surface area contributed by atoms with E-state index in [-0.39, 0.29) is 5.97 Å². The first kappa shape index (κ1) is 24.0. The minimum absolute atomic E-state index is 0.150. The molecule has 0 amide bonds. The summed E-state index contributed by atoms with van der Waals surface area (Å²) in [6, 6.07) is 6.25. The third kappa shape index (κ3) is 5.70. The fraction of sp³-hybridized carbons (Fsp3) is 0.480. The van der Waals surface area contributed by atoms with E-state index in [2.05, 4.69) is 33.5 Å². The van der Waals surface area contributed by atoms with E-state index >= 15 is 0 Å². The quantitative estimate of drug-likeness (QED) is 0.394. The van der Waals surface area contributed by atoms with Crippen LogP contribution in [0.3, 0.4) is 0 Å². The van der Waals surface area contributed by atoms with E-state index in [0.717, 1.165) is 66.3 Å². The molecular formula is C25H31ClN4O2S. The number of esters is 1. The first-order valence-electron chi connectivity index (χ1n) is 11.7. The van der Waals surface area contributed by atoms with Gasteiger partial charge < -0.3 is 4.74 Å². The van der Waals surface area contributed by atoms with Crippen LogP contribution in [0.5, 0.6) is 0 Å². The molecule has 6 nitrogen and oxygen atoms in total. The second-order valence-corrected chi connectivity index (χ2v) is 9.88. The maximum atomic E-state index is 12.0. The van der Waals surface area contributed by atoms with E-state index in [1.54, 1.807) is 6.20 Å². The molecule has 1 fully saturated rings. The Hall–Kier alpha value is -2.09. The molecule has 0 aromatic carbocycles. The highest BCUT2D eigenvalue weighted by Crippen LogP contribution is 2.34. The van der Waals surface area contributed by atoms with Gasteiger partial charge in [-0.2, -0.15) is 16.9 Å². The average Bonchev–Trinajstić information content (AvgIpc) is 3.22. The Morgan fingerprint density at radius 3 is 2.76 bits per heavy atom. The van der Waals surface area contributed by atoms with Gasteiger partial charge in [0.1, 0.15) is 0 Å². The van der Waals surface area contributed by atoms with Gasteiger partial charge in [0.05, 0.1) is 22.8 Å². The van der Waals surface area contributed by atoms with E-state index in [9.17, 15) is 4.79 Å². The van der Waals surface area contributed by atoms with Crippen molar-refractivity contribution in [2.45, 2.75) is 46.1 Å². The number of pyridine rings is 1. The molecule has 3 aromatic heterocycles. The largest absolute Gasteiger partial charge is 0.466 e. The third-order valence-corrected chi connectivity index (χ3v) is 7.16. The summed E-state index contributed by atoms with van der Waals surface area (Å²) >= 11 is 8.36. The first-order valence-corrected chi connectivity index (χ1v) is 13.2. The van der Waals surface area contributed by atoms with Crippen molar-refractivity contribution >= 4 is 34.8 Å². The zero-order chi connectivity index (χ0) is 23.2. The number of halogens is 1. The van der Waals surface area contributed by atoms with E-state index in [4.69, 9.17) is 21.4 Å². The Labute approximate surface area is 204 Å². The van der Waals surface area contributed by atoms with Crippen LogP contribution >= 0.6 is 23.4 Å². The molecule has 0 bridgehead atoms. The van der Waals surface area contributed by atoms with Crippen LogP contribution in [0.4, 0.5) is 0 Å². The number of carbonyl (C=O) groups excluding carboxylic acids is 1. The van der Waals surface area contributed by atoms with Crippen LogP contribution in [-0.2, 0) is 28.9 Å². The van der Waals surface area contributed by atoms with Gasteiger partial charge in [0.25, 0.3) is 0 Å². The Morgan fingerprint density at radius 2 is 2.03 bits per heavy atom. The molecule has 1 saturated heterocycles. The second-order valence-electron chi connectivity index (χ2n) is 8.21. The van der Waals surface area contributed by atoms with Gasteiger partial charge in [-0.1, -0.05) is 18.5 Å². The normalized spacial score (nSPS) is 14.6. The van der Waals surface area contributed by atoms with Crippen molar-refractivity contribution in [1.82, 2.24) is 19.5 Å². The highest BCUT2D eigenvalue weighted by atomic mass is 35.5. The second kappa shape index (κ2) is 11.4. The summed E-state index contributed by atoms with van der Waals surface area (Å²) < 4.78 is 7.24. The summed E-state index contributed by atoms with van der Waals surface area (Å²) in [6.07, 6.45) is 6.28. The number of carbonyl (C=O) groups is 1. The minimum atomic E-state index is -0.150. The van der Waals surface area contributed by atoms with Gasteiger partial charge in [-0.25, -0.2) is 4.52 Å². The molecule has 1 aliphatic rings. The monoisotopic (exact) mass is 486 g/mol. The summed E-state index contributed by atoms with van der Waals surface area (Å²) in [5.74, 6) is 2.15. The molecule has 0 aliphatic carbocycles. The Kier molecular flexibility index (Phi) is 8.28. The van der Waals surface area contributed by atoms with Crippen molar-refractivity contribution < 1.29 is 9.53 Å². The van der Waals surface area contributed by atoms with E-state index in [0.29, 0.717) is 24.5 Å². The topological polar surface area (TPSA) is 59.7 Å². The zero-order valence-corrected chi connectivity index (χ0v) is 20.9. The fourth-order valence-electron chi connectivity index (χ4n) is 4.41. The summed E-state index contributed by atoms with van der Waals surface area (Å²) in [6.45, 7) is 7.33. The number of hydrogen-bond donors (Lipinski definition) is 0. The van der Waals surface area contributed by atoms with Crippen molar-refractivity contribution in [3.05, 3.63) is 52.6 Å². The van der Waals surface area contributed by atoms with Crippen molar-refractivity contribution in [1.29, 1.82) is 0 Å². The van der Waals surface area contributed by atoms with Crippen molar-refractivity contribution in [3.63, 3.8) is 0 Å². The number of thioether (sulfide) groups is 1. The molecule has 4 heterocycles. The zero-order valence-electron chi connectivity index (χ0n) is 19.3. The molecule has 4 rings (SSSR count). The van der Waals surface area contributed by atoms with E-state index in [1.165, 1.54) is 11.3 Å². The van der Waals surface area contributed by atoms with Gasteiger partial charge in [-0.15, -0.1) is 0 Å². The molecule has 0 atom stereocenters. The number of aromatic nitrogens is 3.